The molecule has 1 heterocycles. The molecule has 0 spiro atoms. The van der Waals surface area contributed by atoms with Crippen molar-refractivity contribution in [2.75, 3.05) is 6.61 Å². The van der Waals surface area contributed by atoms with Crippen LogP contribution in [0.3, 0.4) is 0 Å². The molecule has 0 N–H and O–H groups in total. The molecule has 0 atom stereocenters. The number of hydrogen-bond acceptors (Lipinski definition) is 6. The van der Waals surface area contributed by atoms with Crippen molar-refractivity contribution in [1.82, 2.24) is 5.16 Å². The van der Waals surface area contributed by atoms with Crippen LogP contribution < -0.4 is 0 Å². The van der Waals surface area contributed by atoms with Gasteiger partial charge in [0.15, 0.2) is 5.76 Å². The van der Waals surface area contributed by atoms with Crippen LogP contribution in [0.25, 0.3) is 11.3 Å². The Morgan fingerprint density at radius 3 is 2.54 bits per heavy atom. The van der Waals surface area contributed by atoms with Crippen LogP contribution in [0, 0.1) is 3.57 Å². The van der Waals surface area contributed by atoms with E-state index in [9.17, 15) is 9.59 Å². The molecule has 0 radical (unpaired) electrons. The largest absolute Gasteiger partial charge is 0.461 e. The first-order valence-electron chi connectivity index (χ1n) is 7.39. The fraction of sp³-hybridized carbons (Fsp3) is 0.353. The Kier molecular flexibility index (Phi) is 5.63. The van der Waals surface area contributed by atoms with Gasteiger partial charge in [-0.15, -0.1) is 0 Å². The van der Waals surface area contributed by atoms with Crippen molar-refractivity contribution < 1.29 is 23.6 Å². The number of aromatic nitrogens is 1. The van der Waals surface area contributed by atoms with Crippen LogP contribution in [-0.4, -0.2) is 29.3 Å². The molecule has 0 saturated carbocycles. The van der Waals surface area contributed by atoms with E-state index in [-0.39, 0.29) is 23.6 Å². The predicted molar refractivity (Wildman–Crippen MR) is 95.8 cm³/mol. The smallest absolute Gasteiger partial charge is 0.361 e. The second kappa shape index (κ2) is 7.33. The van der Waals surface area contributed by atoms with E-state index in [1.54, 1.807) is 33.8 Å². The maximum Gasteiger partial charge on any atom is 0.361 e. The minimum atomic E-state index is -0.723. The highest BCUT2D eigenvalue weighted by Gasteiger charge is 2.32. The summed E-state index contributed by atoms with van der Waals surface area (Å²) in [5.41, 5.74) is -0.293. The van der Waals surface area contributed by atoms with Gasteiger partial charge in [-0.25, -0.2) is 9.59 Å². The lowest BCUT2D eigenvalue weighted by Gasteiger charge is -2.19. The first-order chi connectivity index (χ1) is 11.2. The van der Waals surface area contributed by atoms with E-state index in [4.69, 9.17) is 14.0 Å². The third-order valence-electron chi connectivity index (χ3n) is 2.85. The maximum atomic E-state index is 12.6. The van der Waals surface area contributed by atoms with E-state index < -0.39 is 17.5 Å². The SMILES string of the molecule is CCOC(=O)c1noc(-c2cccc(I)c2)c1C(=O)OC(C)(C)C. The third kappa shape index (κ3) is 4.34. The second-order valence-electron chi connectivity index (χ2n) is 5.97. The molecule has 2 aromatic rings. The molecule has 0 aliphatic rings. The first-order valence-corrected chi connectivity index (χ1v) is 8.47. The molecule has 0 fully saturated rings. The summed E-state index contributed by atoms with van der Waals surface area (Å²) in [7, 11) is 0. The van der Waals surface area contributed by atoms with Crippen LogP contribution >= 0.6 is 22.6 Å². The molecule has 128 valence electrons. The molecule has 24 heavy (non-hydrogen) atoms. The van der Waals surface area contributed by atoms with Gasteiger partial charge in [-0.2, -0.15) is 0 Å². The van der Waals surface area contributed by atoms with Gasteiger partial charge in [-0.3, -0.25) is 0 Å². The summed E-state index contributed by atoms with van der Waals surface area (Å²) < 4.78 is 16.6. The quantitative estimate of drug-likeness (QED) is 0.524. The van der Waals surface area contributed by atoms with Gasteiger partial charge in [0, 0.05) is 9.13 Å². The number of esters is 2. The highest BCUT2D eigenvalue weighted by molar-refractivity contribution is 14.1. The standard InChI is InChI=1S/C17H18INO5/c1-5-22-16(21)13-12(15(20)23-17(2,3)4)14(24-19-13)10-7-6-8-11(18)9-10/h6-9H,5H2,1-4H3. The maximum absolute atomic E-state index is 12.6. The summed E-state index contributed by atoms with van der Waals surface area (Å²) in [4.78, 5) is 24.7. The molecule has 1 aromatic carbocycles. The zero-order valence-electron chi connectivity index (χ0n) is 13.9. The lowest BCUT2D eigenvalue weighted by molar-refractivity contribution is 0.00650. The number of carbonyl (C=O) groups excluding carboxylic acids is 2. The van der Waals surface area contributed by atoms with Crippen molar-refractivity contribution in [3.8, 4) is 11.3 Å². The third-order valence-corrected chi connectivity index (χ3v) is 3.52. The van der Waals surface area contributed by atoms with Crippen LogP contribution in [0.15, 0.2) is 28.8 Å². The van der Waals surface area contributed by atoms with Gasteiger partial charge in [-0.05, 0) is 62.4 Å². The zero-order valence-corrected chi connectivity index (χ0v) is 16.0. The fourth-order valence-electron chi connectivity index (χ4n) is 1.97. The lowest BCUT2D eigenvalue weighted by Crippen LogP contribution is -2.25. The van der Waals surface area contributed by atoms with E-state index in [0.717, 1.165) is 3.57 Å². The molecular weight excluding hydrogens is 425 g/mol. The highest BCUT2D eigenvalue weighted by atomic mass is 127. The van der Waals surface area contributed by atoms with E-state index in [1.165, 1.54) is 0 Å². The number of ether oxygens (including phenoxy) is 2. The monoisotopic (exact) mass is 443 g/mol. The molecule has 0 amide bonds. The van der Waals surface area contributed by atoms with E-state index in [0.29, 0.717) is 5.56 Å². The Morgan fingerprint density at radius 1 is 1.25 bits per heavy atom. The van der Waals surface area contributed by atoms with Gasteiger partial charge in [0.2, 0.25) is 5.69 Å². The van der Waals surface area contributed by atoms with Crippen LogP contribution in [0.1, 0.15) is 48.5 Å². The topological polar surface area (TPSA) is 78.6 Å². The normalized spacial score (nSPS) is 11.2. The number of hydrogen-bond donors (Lipinski definition) is 0. The second-order valence-corrected chi connectivity index (χ2v) is 7.21. The number of nitrogens with zero attached hydrogens (tertiary/aromatic N) is 1. The number of rotatable bonds is 4. The highest BCUT2D eigenvalue weighted by Crippen LogP contribution is 2.29. The molecule has 0 aliphatic carbocycles. The molecule has 7 heteroatoms. The van der Waals surface area contributed by atoms with Crippen LogP contribution in [0.5, 0.6) is 0 Å². The van der Waals surface area contributed by atoms with Crippen molar-refractivity contribution in [3.05, 3.63) is 39.1 Å². The van der Waals surface area contributed by atoms with E-state index >= 15 is 0 Å². The fourth-order valence-corrected chi connectivity index (χ4v) is 2.52. The van der Waals surface area contributed by atoms with Crippen LogP contribution in [0.2, 0.25) is 0 Å². The van der Waals surface area contributed by atoms with Crippen LogP contribution in [0.4, 0.5) is 0 Å². The zero-order chi connectivity index (χ0) is 17.9. The van der Waals surface area contributed by atoms with Crippen molar-refractivity contribution in [2.45, 2.75) is 33.3 Å². The minimum absolute atomic E-state index is 0.0228. The minimum Gasteiger partial charge on any atom is -0.461 e. The molecule has 0 unspecified atom stereocenters. The van der Waals surface area contributed by atoms with Crippen molar-refractivity contribution in [3.63, 3.8) is 0 Å². The number of carbonyl (C=O) groups is 2. The average molecular weight is 443 g/mol. The van der Waals surface area contributed by atoms with Crippen LogP contribution in [-0.2, 0) is 9.47 Å². The number of halogens is 1. The lowest BCUT2D eigenvalue weighted by atomic mass is 10.1. The Labute approximate surface area is 153 Å². The Hall–Kier alpha value is -1.90. The molecule has 0 aliphatic heterocycles. The molecule has 6 nitrogen and oxygen atoms in total. The van der Waals surface area contributed by atoms with E-state index in [2.05, 4.69) is 27.7 Å². The summed E-state index contributed by atoms with van der Waals surface area (Å²) >= 11 is 2.15. The van der Waals surface area contributed by atoms with Gasteiger partial charge in [0.1, 0.15) is 11.2 Å². The molecule has 1 aromatic heterocycles. The molecular formula is C17H18INO5. The van der Waals surface area contributed by atoms with E-state index in [1.807, 2.05) is 18.2 Å². The first kappa shape index (κ1) is 18.4. The Balaban J connectivity index is 2.55. The van der Waals surface area contributed by atoms with Gasteiger partial charge in [0.05, 0.1) is 6.61 Å². The summed E-state index contributed by atoms with van der Waals surface area (Å²) in [6, 6.07) is 7.32. The van der Waals surface area contributed by atoms with Crippen molar-refractivity contribution in [2.24, 2.45) is 0 Å². The summed E-state index contributed by atoms with van der Waals surface area (Å²) in [5.74, 6) is -1.22. The van der Waals surface area contributed by atoms with Crippen molar-refractivity contribution >= 4 is 34.5 Å². The number of benzene rings is 1. The summed E-state index contributed by atoms with van der Waals surface area (Å²) in [6.07, 6.45) is 0. The van der Waals surface area contributed by atoms with Crippen molar-refractivity contribution in [1.29, 1.82) is 0 Å². The predicted octanol–water partition coefficient (Wildman–Crippen LogP) is 4.08. The van der Waals surface area contributed by atoms with Gasteiger partial charge in [0.25, 0.3) is 0 Å². The molecule has 2 rings (SSSR count). The summed E-state index contributed by atoms with van der Waals surface area (Å²) in [6.45, 7) is 7.07. The molecule has 0 bridgehead atoms. The average Bonchev–Trinajstić information content (AvgIpc) is 2.90. The Bertz CT molecular complexity index is 761. The summed E-state index contributed by atoms with van der Waals surface area (Å²) in [5, 5.41) is 3.74. The van der Waals surface area contributed by atoms with Gasteiger partial charge < -0.3 is 14.0 Å². The Morgan fingerprint density at radius 2 is 1.96 bits per heavy atom. The van der Waals surface area contributed by atoms with Gasteiger partial charge >= 0.3 is 11.9 Å². The molecule has 0 saturated heterocycles. The van der Waals surface area contributed by atoms with Gasteiger partial charge in [-0.1, -0.05) is 17.3 Å².